The van der Waals surface area contributed by atoms with E-state index in [0.717, 1.165) is 12.0 Å². The van der Waals surface area contributed by atoms with Crippen LogP contribution in [0.3, 0.4) is 0 Å². The fourth-order valence-electron chi connectivity index (χ4n) is 1.86. The highest BCUT2D eigenvalue weighted by molar-refractivity contribution is 8.13. The molecule has 0 N–H and O–H groups in total. The van der Waals surface area contributed by atoms with Gasteiger partial charge in [-0.2, -0.15) is 0 Å². The van der Waals surface area contributed by atoms with Crippen LogP contribution in [0.4, 0.5) is 0 Å². The first-order valence-electron chi connectivity index (χ1n) is 4.75. The van der Waals surface area contributed by atoms with Crippen molar-refractivity contribution in [2.45, 2.75) is 25.2 Å². The van der Waals surface area contributed by atoms with Gasteiger partial charge in [0.2, 0.25) is 9.05 Å². The van der Waals surface area contributed by atoms with Crippen molar-refractivity contribution in [1.29, 1.82) is 0 Å². The van der Waals surface area contributed by atoms with Crippen LogP contribution in [0.2, 0.25) is 5.02 Å². The van der Waals surface area contributed by atoms with Crippen LogP contribution in [0.15, 0.2) is 12.1 Å². The zero-order valence-corrected chi connectivity index (χ0v) is 10.9. The first-order valence-corrected chi connectivity index (χ1v) is 7.61. The summed E-state index contributed by atoms with van der Waals surface area (Å²) in [6, 6.07) is 3.38. The van der Waals surface area contributed by atoms with E-state index in [0.29, 0.717) is 16.3 Å². The van der Waals surface area contributed by atoms with Gasteiger partial charge in [-0.25, -0.2) is 8.42 Å². The first kappa shape index (κ1) is 12.0. The van der Waals surface area contributed by atoms with E-state index in [4.69, 9.17) is 27.0 Å². The van der Waals surface area contributed by atoms with Crippen LogP contribution < -0.4 is 4.74 Å². The third-order valence-electron chi connectivity index (χ3n) is 2.36. The van der Waals surface area contributed by atoms with Crippen LogP contribution in [0.1, 0.15) is 18.1 Å². The number of hydrogen-bond acceptors (Lipinski definition) is 3. The Morgan fingerprint density at radius 2 is 2.19 bits per heavy atom. The first-order chi connectivity index (χ1) is 7.35. The Morgan fingerprint density at radius 3 is 2.81 bits per heavy atom. The lowest BCUT2D eigenvalue weighted by Crippen LogP contribution is -2.06. The van der Waals surface area contributed by atoms with Crippen molar-refractivity contribution in [1.82, 2.24) is 0 Å². The molecule has 1 unspecified atom stereocenters. The zero-order valence-electron chi connectivity index (χ0n) is 8.54. The number of halogens is 2. The second-order valence-electron chi connectivity index (χ2n) is 3.87. The van der Waals surface area contributed by atoms with Crippen LogP contribution >= 0.6 is 22.3 Å². The lowest BCUT2D eigenvalue weighted by atomic mass is 10.1. The molecule has 0 bridgehead atoms. The van der Waals surface area contributed by atoms with E-state index < -0.39 is 9.05 Å². The van der Waals surface area contributed by atoms with E-state index >= 15 is 0 Å². The summed E-state index contributed by atoms with van der Waals surface area (Å²) in [6.45, 7) is 1.92. The summed E-state index contributed by atoms with van der Waals surface area (Å²) in [4.78, 5) is 0. The maximum Gasteiger partial charge on any atom is 0.236 e. The molecule has 0 aliphatic carbocycles. The Bertz CT molecular complexity index is 525. The third kappa shape index (κ3) is 2.62. The van der Waals surface area contributed by atoms with Crippen molar-refractivity contribution >= 4 is 31.3 Å². The molecule has 0 aromatic heterocycles. The number of ether oxygens (including phenoxy) is 1. The molecular formula is C10H10Cl2O3S. The molecule has 1 aromatic rings. The molecule has 0 radical (unpaired) electrons. The Kier molecular flexibility index (Phi) is 3.07. The van der Waals surface area contributed by atoms with E-state index in [2.05, 4.69) is 0 Å². The lowest BCUT2D eigenvalue weighted by molar-refractivity contribution is 0.253. The fraction of sp³-hybridized carbons (Fsp3) is 0.400. The van der Waals surface area contributed by atoms with E-state index in [9.17, 15) is 8.42 Å². The summed E-state index contributed by atoms with van der Waals surface area (Å²) >= 11 is 5.91. The Morgan fingerprint density at radius 1 is 1.50 bits per heavy atom. The van der Waals surface area contributed by atoms with Crippen LogP contribution in [0, 0.1) is 0 Å². The standard InChI is InChI=1S/C10H10Cl2O3S/c1-6-2-7-3-9(11)4-8(10(7)15-6)5-16(12,13)14/h3-4,6H,2,5H2,1H3. The van der Waals surface area contributed by atoms with Crippen LogP contribution in [0.25, 0.3) is 0 Å². The summed E-state index contributed by atoms with van der Waals surface area (Å²) in [6.07, 6.45) is 0.788. The van der Waals surface area contributed by atoms with Gasteiger partial charge in [-0.05, 0) is 24.6 Å². The minimum absolute atomic E-state index is 0.0465. The van der Waals surface area contributed by atoms with Gasteiger partial charge in [0.25, 0.3) is 0 Å². The predicted molar refractivity (Wildman–Crippen MR) is 63.7 cm³/mol. The van der Waals surface area contributed by atoms with Crippen LogP contribution in [-0.4, -0.2) is 14.5 Å². The summed E-state index contributed by atoms with van der Waals surface area (Å²) in [5, 5.41) is 0.506. The smallest absolute Gasteiger partial charge is 0.236 e. The Balaban J connectivity index is 2.47. The van der Waals surface area contributed by atoms with Crippen molar-refractivity contribution < 1.29 is 13.2 Å². The molecule has 2 rings (SSSR count). The van der Waals surface area contributed by atoms with Crippen molar-refractivity contribution in [3.63, 3.8) is 0 Å². The van der Waals surface area contributed by atoms with Gasteiger partial charge in [-0.15, -0.1) is 0 Å². The molecule has 88 valence electrons. The highest BCUT2D eigenvalue weighted by atomic mass is 35.7. The fourth-order valence-corrected chi connectivity index (χ4v) is 3.06. The molecule has 3 nitrogen and oxygen atoms in total. The molecule has 0 fully saturated rings. The number of benzene rings is 1. The predicted octanol–water partition coefficient (Wildman–Crippen LogP) is 2.73. The maximum absolute atomic E-state index is 11.1. The number of hydrogen-bond donors (Lipinski definition) is 0. The number of fused-ring (bicyclic) bond motifs is 1. The Hall–Kier alpha value is -0.450. The highest BCUT2D eigenvalue weighted by Gasteiger charge is 2.24. The van der Waals surface area contributed by atoms with E-state index in [1.54, 1.807) is 12.1 Å². The van der Waals surface area contributed by atoms with Gasteiger partial charge in [0.15, 0.2) is 0 Å². The summed E-state index contributed by atoms with van der Waals surface area (Å²) in [5.74, 6) is 0.352. The lowest BCUT2D eigenvalue weighted by Gasteiger charge is -2.08. The molecule has 1 aromatic carbocycles. The number of rotatable bonds is 2. The van der Waals surface area contributed by atoms with Gasteiger partial charge in [0, 0.05) is 27.7 Å². The molecule has 1 heterocycles. The van der Waals surface area contributed by atoms with E-state index in [1.807, 2.05) is 6.92 Å². The van der Waals surface area contributed by atoms with Gasteiger partial charge in [0.1, 0.15) is 11.9 Å². The van der Waals surface area contributed by atoms with Crippen LogP contribution in [-0.2, 0) is 21.2 Å². The average molecular weight is 281 g/mol. The second-order valence-corrected chi connectivity index (χ2v) is 7.08. The summed E-state index contributed by atoms with van der Waals surface area (Å²) in [7, 11) is 1.63. The largest absolute Gasteiger partial charge is 0.490 e. The summed E-state index contributed by atoms with van der Waals surface area (Å²) in [5.41, 5.74) is 1.47. The quantitative estimate of drug-likeness (QED) is 0.783. The van der Waals surface area contributed by atoms with E-state index in [1.165, 1.54) is 0 Å². The van der Waals surface area contributed by atoms with Gasteiger partial charge in [-0.1, -0.05) is 11.6 Å². The Labute approximate surface area is 104 Å². The molecule has 0 saturated carbocycles. The second kappa shape index (κ2) is 4.09. The van der Waals surface area contributed by atoms with Crippen molar-refractivity contribution in [3.05, 3.63) is 28.3 Å². The third-order valence-corrected chi connectivity index (χ3v) is 3.56. The zero-order chi connectivity index (χ0) is 11.9. The molecule has 16 heavy (non-hydrogen) atoms. The van der Waals surface area contributed by atoms with Gasteiger partial charge in [-0.3, -0.25) is 0 Å². The minimum Gasteiger partial charge on any atom is -0.490 e. The summed E-state index contributed by atoms with van der Waals surface area (Å²) < 4.78 is 27.7. The molecule has 0 spiro atoms. The molecular weight excluding hydrogens is 271 g/mol. The topological polar surface area (TPSA) is 43.4 Å². The molecule has 0 amide bonds. The maximum atomic E-state index is 11.1. The van der Waals surface area contributed by atoms with Crippen molar-refractivity contribution in [3.8, 4) is 5.75 Å². The van der Waals surface area contributed by atoms with Crippen molar-refractivity contribution in [2.24, 2.45) is 0 Å². The molecule has 1 atom stereocenters. The average Bonchev–Trinajstić information content (AvgIpc) is 2.42. The monoisotopic (exact) mass is 280 g/mol. The SMILES string of the molecule is CC1Cc2cc(Cl)cc(CS(=O)(=O)Cl)c2O1. The molecule has 0 saturated heterocycles. The molecule has 1 aliphatic heterocycles. The van der Waals surface area contributed by atoms with E-state index in [-0.39, 0.29) is 11.9 Å². The highest BCUT2D eigenvalue weighted by Crippen LogP contribution is 2.36. The molecule has 6 heteroatoms. The van der Waals surface area contributed by atoms with Crippen molar-refractivity contribution in [2.75, 3.05) is 0 Å². The minimum atomic E-state index is -3.60. The van der Waals surface area contributed by atoms with Gasteiger partial charge in [0.05, 0.1) is 5.75 Å². The van der Waals surface area contributed by atoms with Gasteiger partial charge >= 0.3 is 0 Å². The molecule has 1 aliphatic rings. The van der Waals surface area contributed by atoms with Gasteiger partial charge < -0.3 is 4.74 Å². The normalized spacial score (nSPS) is 19.3. The van der Waals surface area contributed by atoms with Crippen LogP contribution in [0.5, 0.6) is 5.75 Å².